The summed E-state index contributed by atoms with van der Waals surface area (Å²) >= 11 is 0. The second kappa shape index (κ2) is 6.24. The number of carbonyl (C=O) groups is 2. The van der Waals surface area contributed by atoms with Gasteiger partial charge in [0.1, 0.15) is 0 Å². The Bertz CT molecular complexity index is 654. The van der Waals surface area contributed by atoms with Crippen LogP contribution in [0.2, 0.25) is 0 Å². The minimum Gasteiger partial charge on any atom is -0.478 e. The van der Waals surface area contributed by atoms with Crippen LogP contribution in [0.25, 0.3) is 6.08 Å². The van der Waals surface area contributed by atoms with E-state index in [-0.39, 0.29) is 11.3 Å². The summed E-state index contributed by atoms with van der Waals surface area (Å²) in [4.78, 5) is 30.4. The zero-order valence-electron chi connectivity index (χ0n) is 10.4. The van der Waals surface area contributed by atoms with Gasteiger partial charge in [-0.1, -0.05) is 6.07 Å². The van der Waals surface area contributed by atoms with E-state index in [0.29, 0.717) is 0 Å². The van der Waals surface area contributed by atoms with E-state index in [1.165, 1.54) is 24.5 Å². The second-order valence-corrected chi connectivity index (χ2v) is 3.84. The zero-order chi connectivity index (χ0) is 14.4. The molecule has 0 saturated carbocycles. The predicted molar refractivity (Wildman–Crippen MR) is 73.1 cm³/mol. The van der Waals surface area contributed by atoms with Gasteiger partial charge in [0.2, 0.25) is 5.91 Å². The number of hydrogen-bond donors (Lipinski definition) is 2. The van der Waals surface area contributed by atoms with Gasteiger partial charge in [-0.3, -0.25) is 14.8 Å². The van der Waals surface area contributed by atoms with Crippen molar-refractivity contribution in [2.45, 2.75) is 0 Å². The summed E-state index contributed by atoms with van der Waals surface area (Å²) < 4.78 is 0. The Labute approximate surface area is 114 Å². The maximum atomic E-state index is 11.7. The smallest absolute Gasteiger partial charge is 0.337 e. The number of carboxylic acid groups (broad SMARTS) is 1. The van der Waals surface area contributed by atoms with E-state index in [4.69, 9.17) is 5.11 Å². The lowest BCUT2D eigenvalue weighted by Gasteiger charge is -2.04. The van der Waals surface area contributed by atoms with E-state index in [2.05, 4.69) is 15.3 Å². The zero-order valence-corrected chi connectivity index (χ0v) is 10.4. The summed E-state index contributed by atoms with van der Waals surface area (Å²) in [6, 6.07) is 4.87. The summed E-state index contributed by atoms with van der Waals surface area (Å²) in [6.45, 7) is 0. The fraction of sp³-hybridized carbons (Fsp3) is 0. The molecule has 100 valence electrons. The van der Waals surface area contributed by atoms with Crippen LogP contribution in [-0.2, 0) is 4.79 Å². The molecule has 6 heteroatoms. The Kier molecular flexibility index (Phi) is 4.18. The number of aromatic nitrogens is 2. The van der Waals surface area contributed by atoms with Gasteiger partial charge in [-0.25, -0.2) is 4.79 Å². The molecule has 20 heavy (non-hydrogen) atoms. The van der Waals surface area contributed by atoms with Crippen molar-refractivity contribution < 1.29 is 14.7 Å². The Morgan fingerprint density at radius 3 is 2.65 bits per heavy atom. The predicted octanol–water partition coefficient (Wildman–Crippen LogP) is 1.83. The average molecular weight is 269 g/mol. The number of carbonyl (C=O) groups excluding carboxylic acids is 1. The molecule has 6 nitrogen and oxygen atoms in total. The van der Waals surface area contributed by atoms with Gasteiger partial charge in [0.05, 0.1) is 17.4 Å². The van der Waals surface area contributed by atoms with Gasteiger partial charge in [-0.2, -0.15) is 0 Å². The van der Waals surface area contributed by atoms with Gasteiger partial charge in [0, 0.05) is 24.7 Å². The van der Waals surface area contributed by atoms with Crippen LogP contribution < -0.4 is 5.32 Å². The normalized spacial score (nSPS) is 10.4. The summed E-state index contributed by atoms with van der Waals surface area (Å²) in [6.07, 6.45) is 8.77. The highest BCUT2D eigenvalue weighted by Gasteiger charge is 2.10. The molecule has 0 aliphatic heterocycles. The van der Waals surface area contributed by atoms with Crippen LogP contribution in [0.3, 0.4) is 0 Å². The molecule has 1 amide bonds. The minimum absolute atomic E-state index is 0.0110. The molecule has 2 rings (SSSR count). The number of carboxylic acids is 1. The summed E-state index contributed by atoms with van der Waals surface area (Å²) in [5, 5.41) is 11.5. The first-order chi connectivity index (χ1) is 9.66. The fourth-order valence-corrected chi connectivity index (χ4v) is 1.50. The average Bonchev–Trinajstić information content (AvgIpc) is 2.46. The van der Waals surface area contributed by atoms with Crippen molar-refractivity contribution in [1.82, 2.24) is 9.97 Å². The lowest BCUT2D eigenvalue weighted by Crippen LogP contribution is -2.12. The minimum atomic E-state index is -1.13. The van der Waals surface area contributed by atoms with Crippen LogP contribution in [0, 0.1) is 0 Å². The van der Waals surface area contributed by atoms with Gasteiger partial charge in [-0.15, -0.1) is 0 Å². The molecule has 0 fully saturated rings. The quantitative estimate of drug-likeness (QED) is 0.826. The maximum absolute atomic E-state index is 11.7. The van der Waals surface area contributed by atoms with Crippen LogP contribution >= 0.6 is 0 Å². The van der Waals surface area contributed by atoms with Gasteiger partial charge in [0.15, 0.2) is 0 Å². The third kappa shape index (κ3) is 3.49. The second-order valence-electron chi connectivity index (χ2n) is 3.84. The van der Waals surface area contributed by atoms with E-state index in [1.54, 1.807) is 30.6 Å². The van der Waals surface area contributed by atoms with Crippen molar-refractivity contribution in [1.29, 1.82) is 0 Å². The summed E-state index contributed by atoms with van der Waals surface area (Å²) in [5.41, 5.74) is 0.913. The van der Waals surface area contributed by atoms with Crippen LogP contribution in [-0.4, -0.2) is 27.0 Å². The van der Waals surface area contributed by atoms with Crippen molar-refractivity contribution in [3.63, 3.8) is 0 Å². The number of amides is 1. The standard InChI is InChI=1S/C14H11N3O3/c18-13(4-3-10-2-1-6-15-8-10)17-12-9-16-7-5-11(12)14(19)20/h1-9H,(H,17,18)(H,19,20). The third-order valence-corrected chi connectivity index (χ3v) is 2.42. The van der Waals surface area contributed by atoms with Crippen molar-refractivity contribution in [3.05, 3.63) is 60.2 Å². The molecule has 0 aromatic carbocycles. The highest BCUT2D eigenvalue weighted by molar-refractivity contribution is 6.05. The Morgan fingerprint density at radius 2 is 1.95 bits per heavy atom. The van der Waals surface area contributed by atoms with Crippen molar-refractivity contribution in [2.24, 2.45) is 0 Å². The highest BCUT2D eigenvalue weighted by atomic mass is 16.4. The first kappa shape index (κ1) is 13.4. The number of aromatic carboxylic acids is 1. The van der Waals surface area contributed by atoms with Crippen molar-refractivity contribution in [3.8, 4) is 0 Å². The van der Waals surface area contributed by atoms with Crippen molar-refractivity contribution >= 4 is 23.6 Å². The molecule has 2 aromatic rings. The van der Waals surface area contributed by atoms with E-state index < -0.39 is 11.9 Å². The number of hydrogen-bond acceptors (Lipinski definition) is 4. The molecular weight excluding hydrogens is 258 g/mol. The molecule has 2 N–H and O–H groups in total. The topological polar surface area (TPSA) is 92.2 Å². The number of nitrogens with one attached hydrogen (secondary N) is 1. The highest BCUT2D eigenvalue weighted by Crippen LogP contribution is 2.13. The molecule has 0 aliphatic carbocycles. The number of nitrogens with zero attached hydrogens (tertiary/aromatic N) is 2. The lowest BCUT2D eigenvalue weighted by atomic mass is 10.2. The monoisotopic (exact) mass is 269 g/mol. The van der Waals surface area contributed by atoms with E-state index in [1.807, 2.05) is 0 Å². The molecule has 0 aliphatic rings. The van der Waals surface area contributed by atoms with E-state index in [0.717, 1.165) is 5.56 Å². The fourth-order valence-electron chi connectivity index (χ4n) is 1.50. The van der Waals surface area contributed by atoms with Crippen LogP contribution in [0.5, 0.6) is 0 Å². The van der Waals surface area contributed by atoms with Gasteiger partial charge < -0.3 is 10.4 Å². The molecule has 2 aromatic heterocycles. The van der Waals surface area contributed by atoms with E-state index in [9.17, 15) is 9.59 Å². The van der Waals surface area contributed by atoms with Crippen LogP contribution in [0.4, 0.5) is 5.69 Å². The number of anilines is 1. The van der Waals surface area contributed by atoms with Crippen LogP contribution in [0.15, 0.2) is 49.1 Å². The first-order valence-corrected chi connectivity index (χ1v) is 5.73. The molecule has 0 radical (unpaired) electrons. The summed E-state index contributed by atoms with van der Waals surface area (Å²) in [7, 11) is 0. The Balaban J connectivity index is 2.09. The van der Waals surface area contributed by atoms with Gasteiger partial charge in [0.25, 0.3) is 0 Å². The maximum Gasteiger partial charge on any atom is 0.337 e. The van der Waals surface area contributed by atoms with Crippen molar-refractivity contribution in [2.75, 3.05) is 5.32 Å². The Morgan fingerprint density at radius 1 is 1.15 bits per heavy atom. The molecule has 0 spiro atoms. The Hall–Kier alpha value is -3.02. The molecule has 0 unspecified atom stereocenters. The molecule has 0 saturated heterocycles. The molecule has 0 atom stereocenters. The summed E-state index contributed by atoms with van der Waals surface area (Å²) in [5.74, 6) is -1.57. The third-order valence-electron chi connectivity index (χ3n) is 2.42. The lowest BCUT2D eigenvalue weighted by molar-refractivity contribution is -0.111. The molecule has 0 bridgehead atoms. The SMILES string of the molecule is O=C(C=Cc1cccnc1)Nc1cnccc1C(=O)O. The van der Waals surface area contributed by atoms with E-state index >= 15 is 0 Å². The first-order valence-electron chi connectivity index (χ1n) is 5.73. The molecular formula is C14H11N3O3. The number of rotatable bonds is 4. The molecule has 2 heterocycles. The number of pyridine rings is 2. The largest absolute Gasteiger partial charge is 0.478 e. The van der Waals surface area contributed by atoms with Crippen LogP contribution in [0.1, 0.15) is 15.9 Å². The van der Waals surface area contributed by atoms with Gasteiger partial charge >= 0.3 is 5.97 Å². The van der Waals surface area contributed by atoms with Gasteiger partial charge in [-0.05, 0) is 23.8 Å².